The largest absolute Gasteiger partial charge is 0.494 e. The van der Waals surface area contributed by atoms with Crippen LogP contribution in [0, 0.1) is 0 Å². The molecule has 0 spiro atoms. The molecule has 4 nitrogen and oxygen atoms in total. The Kier molecular flexibility index (Phi) is 5.91. The lowest BCUT2D eigenvalue weighted by atomic mass is 10.1. The van der Waals surface area contributed by atoms with Gasteiger partial charge in [-0.2, -0.15) is 0 Å². The van der Waals surface area contributed by atoms with Gasteiger partial charge in [0, 0.05) is 12.0 Å². The van der Waals surface area contributed by atoms with Crippen molar-refractivity contribution in [3.05, 3.63) is 29.8 Å². The van der Waals surface area contributed by atoms with E-state index in [0.717, 1.165) is 18.6 Å². The number of ether oxygens (including phenoxy) is 1. The first-order chi connectivity index (χ1) is 8.59. The van der Waals surface area contributed by atoms with Crippen LogP contribution in [0.25, 0.3) is 0 Å². The van der Waals surface area contributed by atoms with Crippen molar-refractivity contribution in [1.82, 2.24) is 0 Å². The van der Waals surface area contributed by atoms with Gasteiger partial charge in [-0.25, -0.2) is 0 Å². The molecule has 0 saturated carbocycles. The number of carboxylic acid groups (broad SMARTS) is 1. The molecule has 0 radical (unpaired) electrons. The fraction of sp³-hybridized carbons (Fsp3) is 0.429. The third-order valence-corrected chi connectivity index (χ3v) is 2.56. The van der Waals surface area contributed by atoms with Gasteiger partial charge in [-0.05, 0) is 50.5 Å². The van der Waals surface area contributed by atoms with Gasteiger partial charge in [-0.15, -0.1) is 0 Å². The van der Waals surface area contributed by atoms with Crippen LogP contribution in [0.4, 0.5) is 0 Å². The van der Waals surface area contributed by atoms with Crippen LogP contribution in [0.15, 0.2) is 24.3 Å². The number of carboxylic acids is 1. The minimum absolute atomic E-state index is 0.0372. The Balaban J connectivity index is 2.19. The van der Waals surface area contributed by atoms with E-state index in [1.807, 2.05) is 0 Å². The second-order valence-electron chi connectivity index (χ2n) is 4.13. The molecule has 1 aromatic rings. The molecule has 0 heterocycles. The number of Topliss-reactive ketones (excluding diaryl/α,β-unsaturated/α-hetero) is 1. The van der Waals surface area contributed by atoms with Crippen molar-refractivity contribution in [3.8, 4) is 5.75 Å². The molecule has 4 heteroatoms. The van der Waals surface area contributed by atoms with Gasteiger partial charge in [0.25, 0.3) is 0 Å². The maximum Gasteiger partial charge on any atom is 0.303 e. The number of benzene rings is 1. The van der Waals surface area contributed by atoms with Crippen LogP contribution < -0.4 is 4.74 Å². The monoisotopic (exact) mass is 250 g/mol. The summed E-state index contributed by atoms with van der Waals surface area (Å²) in [5.41, 5.74) is 0.670. The number of carbonyl (C=O) groups excluding carboxylic acids is 1. The Morgan fingerprint density at radius 1 is 1.11 bits per heavy atom. The molecule has 98 valence electrons. The number of aliphatic carboxylic acids is 1. The van der Waals surface area contributed by atoms with Crippen LogP contribution in [-0.4, -0.2) is 23.5 Å². The van der Waals surface area contributed by atoms with Gasteiger partial charge < -0.3 is 9.84 Å². The van der Waals surface area contributed by atoms with Crippen molar-refractivity contribution in [3.63, 3.8) is 0 Å². The molecule has 0 saturated heterocycles. The summed E-state index contributed by atoms with van der Waals surface area (Å²) >= 11 is 0. The predicted molar refractivity (Wildman–Crippen MR) is 68.0 cm³/mol. The van der Waals surface area contributed by atoms with Crippen molar-refractivity contribution in [2.45, 2.75) is 32.6 Å². The molecule has 1 rings (SSSR count). The zero-order valence-electron chi connectivity index (χ0n) is 10.5. The van der Waals surface area contributed by atoms with Gasteiger partial charge in [0.05, 0.1) is 6.61 Å². The zero-order valence-corrected chi connectivity index (χ0v) is 10.5. The first-order valence-electron chi connectivity index (χ1n) is 6.05. The molecule has 0 aliphatic carbocycles. The summed E-state index contributed by atoms with van der Waals surface area (Å²) in [5.74, 6) is 0.0178. The van der Waals surface area contributed by atoms with E-state index in [1.54, 1.807) is 24.3 Å². The summed E-state index contributed by atoms with van der Waals surface area (Å²) in [4.78, 5) is 21.3. The van der Waals surface area contributed by atoms with Gasteiger partial charge in [-0.1, -0.05) is 0 Å². The molecule has 1 N–H and O–H groups in total. The van der Waals surface area contributed by atoms with Crippen LogP contribution in [0.1, 0.15) is 43.0 Å². The van der Waals surface area contributed by atoms with Crippen LogP contribution >= 0.6 is 0 Å². The third kappa shape index (κ3) is 5.48. The molecular formula is C14H18O4. The van der Waals surface area contributed by atoms with E-state index in [1.165, 1.54) is 6.92 Å². The van der Waals surface area contributed by atoms with E-state index in [9.17, 15) is 9.59 Å². The molecule has 0 bridgehead atoms. The summed E-state index contributed by atoms with van der Waals surface area (Å²) in [6, 6.07) is 7.02. The number of rotatable bonds is 8. The highest BCUT2D eigenvalue weighted by molar-refractivity contribution is 5.94. The number of unbranched alkanes of at least 4 members (excludes halogenated alkanes) is 2. The van der Waals surface area contributed by atoms with Crippen molar-refractivity contribution < 1.29 is 19.4 Å². The zero-order chi connectivity index (χ0) is 13.4. The van der Waals surface area contributed by atoms with Gasteiger partial charge in [0.15, 0.2) is 5.78 Å². The molecule has 1 aromatic carbocycles. The fourth-order valence-corrected chi connectivity index (χ4v) is 1.53. The topological polar surface area (TPSA) is 63.6 Å². The highest BCUT2D eigenvalue weighted by Crippen LogP contribution is 2.13. The molecule has 0 aromatic heterocycles. The van der Waals surface area contributed by atoms with Gasteiger partial charge >= 0.3 is 5.97 Å². The summed E-state index contributed by atoms with van der Waals surface area (Å²) in [6.45, 7) is 2.09. The number of carbonyl (C=O) groups is 2. The molecular weight excluding hydrogens is 232 g/mol. The van der Waals surface area contributed by atoms with Crippen LogP contribution in [0.5, 0.6) is 5.75 Å². The van der Waals surface area contributed by atoms with Gasteiger partial charge in [-0.3, -0.25) is 9.59 Å². The lowest BCUT2D eigenvalue weighted by Crippen LogP contribution is -1.99. The van der Waals surface area contributed by atoms with Crippen LogP contribution in [-0.2, 0) is 4.79 Å². The summed E-state index contributed by atoms with van der Waals surface area (Å²) in [6.07, 6.45) is 2.58. The Bertz CT molecular complexity index is 395. The first-order valence-corrected chi connectivity index (χ1v) is 6.05. The van der Waals surface area contributed by atoms with Crippen LogP contribution in [0.2, 0.25) is 0 Å². The lowest BCUT2D eigenvalue weighted by molar-refractivity contribution is -0.137. The molecule has 0 unspecified atom stereocenters. The molecule has 0 aliphatic heterocycles. The molecule has 0 fully saturated rings. The van der Waals surface area contributed by atoms with Crippen molar-refractivity contribution in [2.75, 3.05) is 6.61 Å². The van der Waals surface area contributed by atoms with Gasteiger partial charge in [0.2, 0.25) is 0 Å². The second kappa shape index (κ2) is 7.48. The summed E-state index contributed by atoms with van der Waals surface area (Å²) in [5, 5.41) is 8.46. The van der Waals surface area contributed by atoms with Crippen molar-refractivity contribution in [1.29, 1.82) is 0 Å². The highest BCUT2D eigenvalue weighted by atomic mass is 16.5. The highest BCUT2D eigenvalue weighted by Gasteiger charge is 2.00. The fourth-order valence-electron chi connectivity index (χ4n) is 1.53. The molecule has 0 amide bonds. The van der Waals surface area contributed by atoms with E-state index in [-0.39, 0.29) is 12.2 Å². The normalized spacial score (nSPS) is 10.1. The minimum atomic E-state index is -0.754. The summed E-state index contributed by atoms with van der Waals surface area (Å²) < 4.78 is 5.49. The van der Waals surface area contributed by atoms with Crippen molar-refractivity contribution in [2.24, 2.45) is 0 Å². The Morgan fingerprint density at radius 3 is 2.33 bits per heavy atom. The SMILES string of the molecule is CC(=O)c1ccc(OCCCCCC(=O)O)cc1. The van der Waals surface area contributed by atoms with Crippen LogP contribution in [0.3, 0.4) is 0 Å². The molecule has 0 atom stereocenters. The minimum Gasteiger partial charge on any atom is -0.494 e. The summed E-state index contributed by atoms with van der Waals surface area (Å²) in [7, 11) is 0. The van der Waals surface area contributed by atoms with E-state index in [0.29, 0.717) is 18.6 Å². The van der Waals surface area contributed by atoms with E-state index < -0.39 is 5.97 Å². The smallest absolute Gasteiger partial charge is 0.303 e. The molecule has 0 aliphatic rings. The first kappa shape index (κ1) is 14.2. The van der Waals surface area contributed by atoms with Gasteiger partial charge in [0.1, 0.15) is 5.75 Å². The predicted octanol–water partition coefficient (Wildman–Crippen LogP) is 2.91. The number of hydrogen-bond acceptors (Lipinski definition) is 3. The Hall–Kier alpha value is -1.84. The number of hydrogen-bond donors (Lipinski definition) is 1. The third-order valence-electron chi connectivity index (χ3n) is 2.56. The van der Waals surface area contributed by atoms with E-state index in [4.69, 9.17) is 9.84 Å². The Labute approximate surface area is 107 Å². The average molecular weight is 250 g/mol. The average Bonchev–Trinajstić information content (AvgIpc) is 2.34. The maximum absolute atomic E-state index is 11.1. The number of ketones is 1. The van der Waals surface area contributed by atoms with E-state index in [2.05, 4.69) is 0 Å². The quantitative estimate of drug-likeness (QED) is 0.569. The lowest BCUT2D eigenvalue weighted by Gasteiger charge is -2.06. The van der Waals surface area contributed by atoms with E-state index >= 15 is 0 Å². The standard InChI is InChI=1S/C14H18O4/c1-11(15)12-6-8-13(9-7-12)18-10-4-2-3-5-14(16)17/h6-9H,2-5,10H2,1H3,(H,16,17). The van der Waals surface area contributed by atoms with Crippen molar-refractivity contribution >= 4 is 11.8 Å². The second-order valence-corrected chi connectivity index (χ2v) is 4.13. The maximum atomic E-state index is 11.1. The Morgan fingerprint density at radius 2 is 1.78 bits per heavy atom. The molecule has 18 heavy (non-hydrogen) atoms.